The van der Waals surface area contributed by atoms with Gasteiger partial charge in [-0.25, -0.2) is 4.79 Å². The summed E-state index contributed by atoms with van der Waals surface area (Å²) < 4.78 is 0. The average Bonchev–Trinajstić information content (AvgIpc) is 2.22. The molecular weight excluding hydrogens is 216 g/mol. The van der Waals surface area contributed by atoms with Gasteiger partial charge in [0.25, 0.3) is 0 Å². The minimum Gasteiger partial charge on any atom is -0.480 e. The van der Waals surface area contributed by atoms with Gasteiger partial charge in [-0.05, 0) is 18.6 Å². The zero-order valence-electron chi connectivity index (χ0n) is 8.47. The van der Waals surface area contributed by atoms with Crippen LogP contribution in [0.2, 0.25) is 0 Å². The molecule has 0 fully saturated rings. The van der Waals surface area contributed by atoms with Gasteiger partial charge >= 0.3 is 5.97 Å². The zero-order chi connectivity index (χ0) is 11.7. The Morgan fingerprint density at radius 2 is 2.40 bits per heavy atom. The molecule has 0 radical (unpaired) electrons. The van der Waals surface area contributed by atoms with Gasteiger partial charge < -0.3 is 10.4 Å². The molecule has 0 aromatic carbocycles. The number of hydrogen-bond donors (Lipinski definition) is 2. The second kappa shape index (κ2) is 8.12. The Hall–Kier alpha value is -1.22. The van der Waals surface area contributed by atoms with Crippen LogP contribution in [-0.4, -0.2) is 34.5 Å². The van der Waals surface area contributed by atoms with Crippen molar-refractivity contribution < 1.29 is 14.7 Å². The van der Waals surface area contributed by atoms with E-state index in [-0.39, 0.29) is 5.25 Å². The molecule has 2 atom stereocenters. The summed E-state index contributed by atoms with van der Waals surface area (Å²) in [7, 11) is 0. The van der Waals surface area contributed by atoms with Crippen molar-refractivity contribution >= 4 is 24.1 Å². The van der Waals surface area contributed by atoms with Crippen LogP contribution >= 0.6 is 11.8 Å². The molecule has 0 rings (SSSR count). The standard InChI is InChI=1S/C9H14N2O3S/c1-2-7(5-10)15-4-3-8(9(13)14)11-6-12/h6-8H,2-4H2,1H3,(H,11,12)(H,13,14). The molecule has 2 N–H and O–H groups in total. The van der Waals surface area contributed by atoms with E-state index in [4.69, 9.17) is 10.4 Å². The van der Waals surface area contributed by atoms with E-state index in [1.807, 2.05) is 6.92 Å². The number of aliphatic carboxylic acids is 1. The third-order valence-corrected chi connectivity index (χ3v) is 3.12. The highest BCUT2D eigenvalue weighted by Crippen LogP contribution is 2.15. The number of nitrogens with one attached hydrogen (secondary N) is 1. The zero-order valence-corrected chi connectivity index (χ0v) is 9.29. The summed E-state index contributed by atoms with van der Waals surface area (Å²) in [5, 5.41) is 19.4. The lowest BCUT2D eigenvalue weighted by Gasteiger charge is -2.11. The van der Waals surface area contributed by atoms with Crippen LogP contribution in [0, 0.1) is 11.3 Å². The topological polar surface area (TPSA) is 90.2 Å². The largest absolute Gasteiger partial charge is 0.480 e. The Morgan fingerprint density at radius 3 is 2.80 bits per heavy atom. The van der Waals surface area contributed by atoms with Gasteiger partial charge in [-0.1, -0.05) is 6.92 Å². The number of carboxylic acid groups (broad SMARTS) is 1. The number of rotatable bonds is 8. The van der Waals surface area contributed by atoms with Crippen LogP contribution in [0.1, 0.15) is 19.8 Å². The summed E-state index contributed by atoms with van der Waals surface area (Å²) in [5.74, 6) is -0.503. The minimum atomic E-state index is -1.05. The van der Waals surface area contributed by atoms with E-state index in [0.717, 1.165) is 6.42 Å². The summed E-state index contributed by atoms with van der Waals surface area (Å²) in [6.45, 7) is 1.90. The summed E-state index contributed by atoms with van der Waals surface area (Å²) >= 11 is 1.41. The first-order valence-electron chi connectivity index (χ1n) is 4.59. The number of nitriles is 1. The van der Waals surface area contributed by atoms with Crippen LogP contribution in [0.4, 0.5) is 0 Å². The number of nitrogens with zero attached hydrogens (tertiary/aromatic N) is 1. The molecule has 2 unspecified atom stereocenters. The average molecular weight is 230 g/mol. The van der Waals surface area contributed by atoms with Crippen molar-refractivity contribution in [3.05, 3.63) is 0 Å². The smallest absolute Gasteiger partial charge is 0.326 e. The number of amides is 1. The van der Waals surface area contributed by atoms with E-state index in [2.05, 4.69) is 11.4 Å². The molecule has 0 spiro atoms. The molecule has 0 saturated carbocycles. The number of carbonyl (C=O) groups excluding carboxylic acids is 1. The lowest BCUT2D eigenvalue weighted by Crippen LogP contribution is -2.36. The molecule has 0 saturated heterocycles. The Bertz CT molecular complexity index is 252. The summed E-state index contributed by atoms with van der Waals surface area (Å²) in [4.78, 5) is 20.7. The van der Waals surface area contributed by atoms with Crippen LogP contribution in [0.15, 0.2) is 0 Å². The molecule has 84 valence electrons. The predicted molar refractivity (Wildman–Crippen MR) is 57.4 cm³/mol. The molecule has 0 aliphatic carbocycles. The van der Waals surface area contributed by atoms with Crippen LogP contribution in [0.25, 0.3) is 0 Å². The van der Waals surface area contributed by atoms with E-state index in [9.17, 15) is 9.59 Å². The Balaban J connectivity index is 3.85. The summed E-state index contributed by atoms with van der Waals surface area (Å²) in [5.41, 5.74) is 0. The van der Waals surface area contributed by atoms with Gasteiger partial charge in [-0.15, -0.1) is 11.8 Å². The first kappa shape index (κ1) is 13.8. The quantitative estimate of drug-likeness (QED) is 0.596. The van der Waals surface area contributed by atoms with E-state index in [1.54, 1.807) is 0 Å². The molecule has 0 aliphatic rings. The third kappa shape index (κ3) is 5.96. The molecule has 15 heavy (non-hydrogen) atoms. The first-order valence-corrected chi connectivity index (χ1v) is 5.64. The van der Waals surface area contributed by atoms with Crippen LogP contribution in [-0.2, 0) is 9.59 Å². The molecule has 0 heterocycles. The second-order valence-corrected chi connectivity index (χ2v) is 4.17. The van der Waals surface area contributed by atoms with E-state index < -0.39 is 12.0 Å². The lowest BCUT2D eigenvalue weighted by atomic mass is 10.2. The van der Waals surface area contributed by atoms with Gasteiger partial charge in [-0.3, -0.25) is 4.79 Å². The van der Waals surface area contributed by atoms with Crippen LogP contribution < -0.4 is 5.32 Å². The first-order chi connectivity index (χ1) is 7.15. The molecule has 0 bridgehead atoms. The van der Waals surface area contributed by atoms with Gasteiger partial charge in [0.2, 0.25) is 6.41 Å². The van der Waals surface area contributed by atoms with Crippen molar-refractivity contribution in [2.75, 3.05) is 5.75 Å². The third-order valence-electron chi connectivity index (χ3n) is 1.81. The summed E-state index contributed by atoms with van der Waals surface area (Å²) in [6.07, 6.45) is 1.45. The Labute approximate surface area is 92.8 Å². The predicted octanol–water partition coefficient (Wildman–Crippen LogP) is 0.611. The highest BCUT2D eigenvalue weighted by atomic mass is 32.2. The van der Waals surface area contributed by atoms with Crippen molar-refractivity contribution in [2.24, 2.45) is 0 Å². The number of hydrogen-bond acceptors (Lipinski definition) is 4. The molecular formula is C9H14N2O3S. The highest BCUT2D eigenvalue weighted by Gasteiger charge is 2.16. The van der Waals surface area contributed by atoms with Crippen molar-refractivity contribution in [2.45, 2.75) is 31.1 Å². The van der Waals surface area contributed by atoms with Crippen molar-refractivity contribution in [1.82, 2.24) is 5.32 Å². The Morgan fingerprint density at radius 1 is 1.73 bits per heavy atom. The van der Waals surface area contributed by atoms with Gasteiger partial charge in [0.15, 0.2) is 0 Å². The van der Waals surface area contributed by atoms with Gasteiger partial charge in [0.05, 0.1) is 11.3 Å². The highest BCUT2D eigenvalue weighted by molar-refractivity contribution is 8.00. The molecule has 0 aliphatic heterocycles. The number of thioether (sulfide) groups is 1. The van der Waals surface area contributed by atoms with E-state index in [0.29, 0.717) is 18.6 Å². The van der Waals surface area contributed by atoms with Crippen LogP contribution in [0.3, 0.4) is 0 Å². The van der Waals surface area contributed by atoms with Crippen molar-refractivity contribution in [3.8, 4) is 6.07 Å². The maximum absolute atomic E-state index is 10.6. The van der Waals surface area contributed by atoms with Gasteiger partial charge in [-0.2, -0.15) is 5.26 Å². The van der Waals surface area contributed by atoms with E-state index in [1.165, 1.54) is 11.8 Å². The SMILES string of the molecule is CCC(C#N)SCCC(NC=O)C(=O)O. The maximum Gasteiger partial charge on any atom is 0.326 e. The second-order valence-electron chi connectivity index (χ2n) is 2.86. The molecule has 0 aromatic rings. The van der Waals surface area contributed by atoms with Gasteiger partial charge in [0, 0.05) is 0 Å². The number of carbonyl (C=O) groups is 2. The number of carboxylic acids is 1. The monoisotopic (exact) mass is 230 g/mol. The fourth-order valence-corrected chi connectivity index (χ4v) is 1.90. The Kier molecular flexibility index (Phi) is 7.46. The maximum atomic E-state index is 10.6. The van der Waals surface area contributed by atoms with Crippen molar-refractivity contribution in [1.29, 1.82) is 5.26 Å². The molecule has 0 aromatic heterocycles. The summed E-state index contributed by atoms with van der Waals surface area (Å²) in [6, 6.07) is 1.26. The van der Waals surface area contributed by atoms with E-state index >= 15 is 0 Å². The molecule has 6 heteroatoms. The fourth-order valence-electron chi connectivity index (χ4n) is 0.935. The fraction of sp³-hybridized carbons (Fsp3) is 0.667. The minimum absolute atomic E-state index is 0.101. The molecule has 1 amide bonds. The van der Waals surface area contributed by atoms with Crippen molar-refractivity contribution in [3.63, 3.8) is 0 Å². The van der Waals surface area contributed by atoms with Gasteiger partial charge in [0.1, 0.15) is 6.04 Å². The lowest BCUT2D eigenvalue weighted by molar-refractivity contribution is -0.140. The van der Waals surface area contributed by atoms with Crippen LogP contribution in [0.5, 0.6) is 0 Å². The molecule has 5 nitrogen and oxygen atoms in total. The normalized spacial score (nSPS) is 13.6.